The van der Waals surface area contributed by atoms with E-state index in [0.717, 1.165) is 34.5 Å². The van der Waals surface area contributed by atoms with Crippen LogP contribution < -0.4 is 14.8 Å². The molecule has 222 valence electrons. The van der Waals surface area contributed by atoms with E-state index in [9.17, 15) is 26.4 Å². The van der Waals surface area contributed by atoms with Gasteiger partial charge < -0.3 is 14.8 Å². The molecule has 1 aliphatic carbocycles. The average molecular weight is 633 g/mol. The summed E-state index contributed by atoms with van der Waals surface area (Å²) in [5.74, 6) is -1.73. The number of anilines is 2. The number of hydrogen-bond acceptors (Lipinski definition) is 9. The zero-order valence-corrected chi connectivity index (χ0v) is 24.6. The molecule has 3 aromatic rings. The van der Waals surface area contributed by atoms with E-state index in [1.807, 2.05) is 6.92 Å². The lowest BCUT2D eigenvalue weighted by atomic mass is 9.89. The first-order valence-electron chi connectivity index (χ1n) is 12.7. The molecule has 1 fully saturated rings. The predicted octanol–water partition coefficient (Wildman–Crippen LogP) is 6.57. The molecule has 15 heteroatoms. The number of pyridine rings is 1. The highest BCUT2D eigenvalue weighted by Crippen LogP contribution is 2.37. The number of carbonyl (C=O) groups is 1. The van der Waals surface area contributed by atoms with Crippen molar-refractivity contribution in [2.45, 2.75) is 56.7 Å². The average Bonchev–Trinajstić information content (AvgIpc) is 3.31. The fourth-order valence-electron chi connectivity index (χ4n) is 4.48. The third kappa shape index (κ3) is 7.80. The molecule has 4 rings (SSSR count). The van der Waals surface area contributed by atoms with Crippen LogP contribution in [0.5, 0.6) is 5.75 Å². The van der Waals surface area contributed by atoms with Gasteiger partial charge in [-0.05, 0) is 55.5 Å². The van der Waals surface area contributed by atoms with Crippen LogP contribution in [0.4, 0.5) is 24.0 Å². The van der Waals surface area contributed by atoms with Gasteiger partial charge in [-0.15, -0.1) is 0 Å². The first-order valence-corrected chi connectivity index (χ1v) is 15.4. The summed E-state index contributed by atoms with van der Waals surface area (Å²) in [5.41, 5.74) is 1.12. The van der Waals surface area contributed by atoms with E-state index in [0.29, 0.717) is 11.5 Å². The van der Waals surface area contributed by atoms with E-state index in [4.69, 9.17) is 16.3 Å². The minimum atomic E-state index is -5.19. The first-order chi connectivity index (χ1) is 19.4. The number of hydrogen-bond donors (Lipinski definition) is 2. The van der Waals surface area contributed by atoms with Gasteiger partial charge in [0, 0.05) is 12.1 Å². The molecule has 0 unspecified atom stereocenters. The lowest BCUT2D eigenvalue weighted by molar-refractivity contribution is -0.201. The Balaban J connectivity index is 1.55. The van der Waals surface area contributed by atoms with Gasteiger partial charge in [0.25, 0.3) is 10.0 Å². The number of nitrogens with one attached hydrogen (secondary N) is 2. The number of sulfonamides is 1. The van der Waals surface area contributed by atoms with E-state index in [1.54, 1.807) is 6.07 Å². The molecule has 2 heterocycles. The van der Waals surface area contributed by atoms with Gasteiger partial charge in [0.05, 0.1) is 29.6 Å². The molecule has 0 atom stereocenters. The van der Waals surface area contributed by atoms with Gasteiger partial charge in [0.2, 0.25) is 0 Å². The smallest absolute Gasteiger partial charge is 0.490 e. The molecule has 0 aliphatic heterocycles. The maximum atomic E-state index is 13.4. The highest BCUT2D eigenvalue weighted by Gasteiger charge is 2.41. The number of halogens is 4. The maximum Gasteiger partial charge on any atom is 0.490 e. The number of aromatic nitrogens is 2. The van der Waals surface area contributed by atoms with Gasteiger partial charge in [-0.3, -0.25) is 4.72 Å². The van der Waals surface area contributed by atoms with E-state index in [2.05, 4.69) is 24.7 Å². The molecule has 0 spiro atoms. The Morgan fingerprint density at radius 2 is 1.93 bits per heavy atom. The molecule has 1 aliphatic rings. The van der Waals surface area contributed by atoms with E-state index in [-0.39, 0.29) is 27.0 Å². The number of aryl methyl sites for hydroxylation is 1. The molecule has 0 amide bonds. The van der Waals surface area contributed by atoms with Crippen molar-refractivity contribution in [1.82, 2.24) is 9.97 Å². The molecule has 9 nitrogen and oxygen atoms in total. The molecular formula is C26H28ClF3N4O5S2. The van der Waals surface area contributed by atoms with Crippen molar-refractivity contribution >= 4 is 49.7 Å². The van der Waals surface area contributed by atoms with Gasteiger partial charge in [0.1, 0.15) is 22.4 Å². The summed E-state index contributed by atoms with van der Waals surface area (Å²) >= 11 is 7.34. The van der Waals surface area contributed by atoms with Crippen LogP contribution >= 0.6 is 22.9 Å². The lowest BCUT2D eigenvalue weighted by Gasteiger charge is -2.21. The number of benzene rings is 1. The zero-order chi connectivity index (χ0) is 29.8. The molecule has 2 aromatic heterocycles. The summed E-state index contributed by atoms with van der Waals surface area (Å²) in [6.45, 7) is 1.83. The molecule has 1 saturated carbocycles. The molecular weight excluding hydrogens is 605 g/mol. The standard InChI is InChI=1S/C26H28ClF3N4O5S2/c1-15-22(40-25(33-15)32-12-16-6-4-3-5-7-16)17-8-9-20(38-2)21(11-17)41(36,37)34-19-10-18(23(27)31-13-19)14-39-24(35)26(28,29)30/h8-11,13,16,34H,3-7,12,14H2,1-2H3,(H,32,33). The third-order valence-electron chi connectivity index (χ3n) is 6.53. The summed E-state index contributed by atoms with van der Waals surface area (Å²) in [6.07, 6.45) is 2.05. The van der Waals surface area contributed by atoms with Crippen molar-refractivity contribution in [3.05, 3.63) is 46.9 Å². The fourth-order valence-corrected chi connectivity index (χ4v) is 6.83. The summed E-state index contributed by atoms with van der Waals surface area (Å²) in [5, 5.41) is 3.92. The third-order valence-corrected chi connectivity index (χ3v) is 9.44. The highest BCUT2D eigenvalue weighted by atomic mass is 35.5. The number of alkyl halides is 3. The maximum absolute atomic E-state index is 13.4. The number of esters is 1. The number of carbonyl (C=O) groups excluding carboxylic acids is 1. The van der Waals surface area contributed by atoms with Gasteiger partial charge in [-0.1, -0.05) is 42.2 Å². The lowest BCUT2D eigenvalue weighted by Crippen LogP contribution is -2.25. The van der Waals surface area contributed by atoms with Gasteiger partial charge in [0.15, 0.2) is 5.13 Å². The predicted molar refractivity (Wildman–Crippen MR) is 150 cm³/mol. The summed E-state index contributed by atoms with van der Waals surface area (Å²) in [6, 6.07) is 5.85. The number of methoxy groups -OCH3 is 1. The summed E-state index contributed by atoms with van der Waals surface area (Å²) in [7, 11) is -2.95. The van der Waals surface area contributed by atoms with Gasteiger partial charge in [-0.25, -0.2) is 23.2 Å². The number of nitrogens with zero attached hydrogens (tertiary/aromatic N) is 2. The Morgan fingerprint density at radius 3 is 2.61 bits per heavy atom. The van der Waals surface area contributed by atoms with E-state index < -0.39 is 28.8 Å². The van der Waals surface area contributed by atoms with Crippen LogP contribution in [0.2, 0.25) is 5.15 Å². The second-order valence-corrected chi connectivity index (χ2v) is 12.5. The number of ether oxygens (including phenoxy) is 2. The Labute approximate surface area is 244 Å². The van der Waals surface area contributed by atoms with Crippen molar-refractivity contribution in [1.29, 1.82) is 0 Å². The zero-order valence-electron chi connectivity index (χ0n) is 22.2. The summed E-state index contributed by atoms with van der Waals surface area (Å²) in [4.78, 5) is 20.1. The van der Waals surface area contributed by atoms with Crippen molar-refractivity contribution < 1.29 is 35.9 Å². The van der Waals surface area contributed by atoms with Crippen LogP contribution in [0.3, 0.4) is 0 Å². The van der Waals surface area contributed by atoms with Gasteiger partial charge in [-0.2, -0.15) is 13.2 Å². The fraction of sp³-hybridized carbons (Fsp3) is 0.423. The van der Waals surface area contributed by atoms with Crippen molar-refractivity contribution in [2.75, 3.05) is 23.7 Å². The van der Waals surface area contributed by atoms with Crippen molar-refractivity contribution in [2.24, 2.45) is 5.92 Å². The Morgan fingerprint density at radius 1 is 1.20 bits per heavy atom. The van der Waals surface area contributed by atoms with Gasteiger partial charge >= 0.3 is 12.1 Å². The minimum absolute atomic E-state index is 0.0697. The van der Waals surface area contributed by atoms with Crippen LogP contribution in [0.25, 0.3) is 10.4 Å². The monoisotopic (exact) mass is 632 g/mol. The van der Waals surface area contributed by atoms with Crippen LogP contribution in [-0.2, 0) is 26.2 Å². The SMILES string of the molecule is COc1ccc(-c2sc(NCC3CCCCC3)nc2C)cc1S(=O)(=O)Nc1cnc(Cl)c(COC(=O)C(F)(F)F)c1. The Hall–Kier alpha value is -3.10. The van der Waals surface area contributed by atoms with E-state index >= 15 is 0 Å². The first kappa shape index (κ1) is 30.8. The topological polar surface area (TPSA) is 120 Å². The second kappa shape index (κ2) is 12.8. The largest absolute Gasteiger partial charge is 0.495 e. The van der Waals surface area contributed by atoms with Crippen LogP contribution in [0.15, 0.2) is 35.4 Å². The van der Waals surface area contributed by atoms with E-state index in [1.165, 1.54) is 62.7 Å². The normalized spacial score (nSPS) is 14.5. The van der Waals surface area contributed by atoms with Crippen LogP contribution in [-0.4, -0.2) is 44.2 Å². The number of thiazole rings is 1. The quantitative estimate of drug-likeness (QED) is 0.190. The second-order valence-electron chi connectivity index (χ2n) is 9.54. The molecule has 41 heavy (non-hydrogen) atoms. The minimum Gasteiger partial charge on any atom is -0.495 e. The van der Waals surface area contributed by atoms with Crippen LogP contribution in [0.1, 0.15) is 43.4 Å². The Kier molecular flexibility index (Phi) is 9.65. The molecule has 2 N–H and O–H groups in total. The van der Waals surface area contributed by atoms with Crippen molar-refractivity contribution in [3.63, 3.8) is 0 Å². The summed E-state index contributed by atoms with van der Waals surface area (Å²) < 4.78 is 76.1. The molecule has 0 bridgehead atoms. The Bertz CT molecular complexity index is 1510. The van der Waals surface area contributed by atoms with Crippen LogP contribution in [0, 0.1) is 12.8 Å². The molecule has 1 aromatic carbocycles. The van der Waals surface area contributed by atoms with Crippen molar-refractivity contribution in [3.8, 4) is 16.2 Å². The molecule has 0 saturated heterocycles. The molecule has 0 radical (unpaired) electrons. The highest BCUT2D eigenvalue weighted by molar-refractivity contribution is 7.92. The number of rotatable bonds is 10.